The Labute approximate surface area is 206 Å². The molecule has 1 amide bonds. The zero-order valence-electron chi connectivity index (χ0n) is 20.4. The van der Waals surface area contributed by atoms with Gasteiger partial charge in [-0.1, -0.05) is 48.5 Å². The fourth-order valence-corrected chi connectivity index (χ4v) is 5.39. The van der Waals surface area contributed by atoms with Gasteiger partial charge in [0.15, 0.2) is 0 Å². The molecule has 2 heterocycles. The molecular formula is C30H31N3O2. The molecule has 1 aliphatic carbocycles. The number of benzene rings is 3. The van der Waals surface area contributed by atoms with E-state index in [0.717, 1.165) is 67.1 Å². The first-order chi connectivity index (χ1) is 17.1. The average Bonchev–Trinajstić information content (AvgIpc) is 3.53. The Kier molecular flexibility index (Phi) is 5.56. The van der Waals surface area contributed by atoms with Crippen molar-refractivity contribution in [2.24, 2.45) is 11.8 Å². The van der Waals surface area contributed by atoms with Gasteiger partial charge in [-0.2, -0.15) is 0 Å². The largest absolute Gasteiger partial charge is 0.497 e. The van der Waals surface area contributed by atoms with Gasteiger partial charge in [0, 0.05) is 31.1 Å². The molecule has 6 rings (SSSR count). The van der Waals surface area contributed by atoms with Crippen LogP contribution < -0.4 is 4.74 Å². The quantitative estimate of drug-likeness (QED) is 0.354. The molecule has 1 aliphatic heterocycles. The number of ether oxygens (including phenoxy) is 1. The summed E-state index contributed by atoms with van der Waals surface area (Å²) in [6.07, 6.45) is 3.20. The summed E-state index contributed by atoms with van der Waals surface area (Å²) in [7, 11) is 1.69. The summed E-state index contributed by atoms with van der Waals surface area (Å²) in [5, 5.41) is 0. The lowest BCUT2D eigenvalue weighted by atomic mass is 10.0. The van der Waals surface area contributed by atoms with Gasteiger partial charge in [-0.05, 0) is 67.0 Å². The maximum absolute atomic E-state index is 12.6. The van der Waals surface area contributed by atoms with Crippen LogP contribution in [0.1, 0.15) is 24.8 Å². The monoisotopic (exact) mass is 465 g/mol. The van der Waals surface area contributed by atoms with Crippen LogP contribution in [0.25, 0.3) is 33.5 Å². The number of carbonyl (C=O) groups is 1. The van der Waals surface area contributed by atoms with Gasteiger partial charge in [0.25, 0.3) is 0 Å². The highest BCUT2D eigenvalue weighted by molar-refractivity contribution is 5.84. The van der Waals surface area contributed by atoms with Gasteiger partial charge in [0.05, 0.1) is 18.1 Å². The number of fused-ring (bicyclic) bond motifs is 1. The van der Waals surface area contributed by atoms with Gasteiger partial charge < -0.3 is 14.2 Å². The lowest BCUT2D eigenvalue weighted by Gasteiger charge is -2.18. The number of aryl methyl sites for hydroxylation is 1. The standard InChI is InChI=1S/C30H31N3O2/c1-20-4-3-5-27-28(20)33(19-21-16-17-32(18-21)30(34)25-10-11-25)29(31-27)24-8-6-22(7-9-24)23-12-14-26(35-2)15-13-23/h3-9,12-15,21,25H,10-11,16-19H2,1-2H3/t21-/m0/s1. The Morgan fingerprint density at radius 1 is 0.943 bits per heavy atom. The first-order valence-electron chi connectivity index (χ1n) is 12.6. The predicted octanol–water partition coefficient (Wildman–Crippen LogP) is 5.95. The Bertz CT molecular complexity index is 1370. The molecule has 178 valence electrons. The molecular weight excluding hydrogens is 434 g/mol. The first-order valence-corrected chi connectivity index (χ1v) is 12.6. The van der Waals surface area contributed by atoms with Crippen LogP contribution in [0.2, 0.25) is 0 Å². The van der Waals surface area contributed by atoms with Crippen LogP contribution in [-0.2, 0) is 11.3 Å². The number of rotatable bonds is 6. The topological polar surface area (TPSA) is 47.4 Å². The van der Waals surface area contributed by atoms with Crippen LogP contribution in [0.15, 0.2) is 66.7 Å². The van der Waals surface area contributed by atoms with E-state index in [1.54, 1.807) is 7.11 Å². The Balaban J connectivity index is 1.31. The van der Waals surface area contributed by atoms with E-state index >= 15 is 0 Å². The predicted molar refractivity (Wildman–Crippen MR) is 139 cm³/mol. The molecule has 4 aromatic rings. The van der Waals surface area contributed by atoms with E-state index in [1.165, 1.54) is 16.6 Å². The van der Waals surface area contributed by atoms with Crippen LogP contribution in [0.3, 0.4) is 0 Å². The molecule has 0 unspecified atom stereocenters. The van der Waals surface area contributed by atoms with Crippen molar-refractivity contribution in [1.29, 1.82) is 0 Å². The van der Waals surface area contributed by atoms with E-state index < -0.39 is 0 Å². The zero-order valence-corrected chi connectivity index (χ0v) is 20.4. The van der Waals surface area contributed by atoms with Gasteiger partial charge in [-0.15, -0.1) is 0 Å². The van der Waals surface area contributed by atoms with Crippen molar-refractivity contribution in [3.63, 3.8) is 0 Å². The molecule has 1 saturated carbocycles. The molecule has 2 aliphatic rings. The molecule has 3 aromatic carbocycles. The molecule has 1 saturated heterocycles. The summed E-state index contributed by atoms with van der Waals surface area (Å²) < 4.78 is 7.68. The molecule has 1 atom stereocenters. The number of hydrogen-bond donors (Lipinski definition) is 0. The summed E-state index contributed by atoms with van der Waals surface area (Å²) in [6, 6.07) is 23.2. The van der Waals surface area contributed by atoms with Gasteiger partial charge in [0.2, 0.25) is 5.91 Å². The summed E-state index contributed by atoms with van der Waals surface area (Å²) in [5.41, 5.74) is 6.91. The molecule has 0 N–H and O–H groups in total. The van der Waals surface area contributed by atoms with E-state index in [1.807, 2.05) is 12.1 Å². The van der Waals surface area contributed by atoms with E-state index in [0.29, 0.717) is 17.7 Å². The van der Waals surface area contributed by atoms with Crippen molar-refractivity contribution in [2.75, 3.05) is 20.2 Å². The van der Waals surface area contributed by atoms with E-state index in [4.69, 9.17) is 9.72 Å². The Morgan fingerprint density at radius 2 is 1.63 bits per heavy atom. The van der Waals surface area contributed by atoms with Gasteiger partial charge in [-0.3, -0.25) is 4.79 Å². The summed E-state index contributed by atoms with van der Waals surface area (Å²) in [4.78, 5) is 19.8. The second kappa shape index (κ2) is 8.88. The molecule has 35 heavy (non-hydrogen) atoms. The third kappa shape index (κ3) is 4.20. The zero-order chi connectivity index (χ0) is 23.9. The van der Waals surface area contributed by atoms with Crippen LogP contribution in [-0.4, -0.2) is 40.6 Å². The average molecular weight is 466 g/mol. The number of likely N-dealkylation sites (tertiary alicyclic amines) is 1. The SMILES string of the molecule is COc1ccc(-c2ccc(-c3nc4cccc(C)c4n3C[C@H]3CCN(C(=O)C4CC4)C3)cc2)cc1. The van der Waals surface area contributed by atoms with Crippen LogP contribution in [0.5, 0.6) is 5.75 Å². The molecule has 2 fully saturated rings. The minimum atomic E-state index is 0.296. The molecule has 0 radical (unpaired) electrons. The smallest absolute Gasteiger partial charge is 0.225 e. The second-order valence-corrected chi connectivity index (χ2v) is 10.0. The van der Waals surface area contributed by atoms with Crippen molar-refractivity contribution in [3.05, 3.63) is 72.3 Å². The maximum atomic E-state index is 12.6. The molecule has 0 spiro atoms. The third-order valence-electron chi connectivity index (χ3n) is 7.50. The Hall–Kier alpha value is -3.60. The van der Waals surface area contributed by atoms with Crippen LogP contribution in [0, 0.1) is 18.8 Å². The minimum absolute atomic E-state index is 0.296. The summed E-state index contributed by atoms with van der Waals surface area (Å²) >= 11 is 0. The second-order valence-electron chi connectivity index (χ2n) is 10.0. The first kappa shape index (κ1) is 21.9. The highest BCUT2D eigenvalue weighted by Crippen LogP contribution is 2.35. The molecule has 1 aromatic heterocycles. The number of methoxy groups -OCH3 is 1. The number of nitrogens with zero attached hydrogens (tertiary/aromatic N) is 3. The molecule has 5 nitrogen and oxygen atoms in total. The number of hydrogen-bond acceptors (Lipinski definition) is 3. The highest BCUT2D eigenvalue weighted by Gasteiger charge is 2.36. The number of para-hydroxylation sites is 1. The van der Waals surface area contributed by atoms with Crippen LogP contribution in [0.4, 0.5) is 0 Å². The van der Waals surface area contributed by atoms with Crippen molar-refractivity contribution in [1.82, 2.24) is 14.5 Å². The fourth-order valence-electron chi connectivity index (χ4n) is 5.39. The van der Waals surface area contributed by atoms with Gasteiger partial charge in [0.1, 0.15) is 11.6 Å². The number of aromatic nitrogens is 2. The highest BCUT2D eigenvalue weighted by atomic mass is 16.5. The summed E-state index contributed by atoms with van der Waals surface area (Å²) in [5.74, 6) is 2.98. The van der Waals surface area contributed by atoms with Crippen molar-refractivity contribution >= 4 is 16.9 Å². The van der Waals surface area contributed by atoms with Crippen molar-refractivity contribution in [3.8, 4) is 28.3 Å². The fraction of sp³-hybridized carbons (Fsp3) is 0.333. The van der Waals surface area contributed by atoms with Crippen molar-refractivity contribution < 1.29 is 9.53 Å². The van der Waals surface area contributed by atoms with Crippen molar-refractivity contribution in [2.45, 2.75) is 32.7 Å². The summed E-state index contributed by atoms with van der Waals surface area (Å²) in [6.45, 7) is 4.79. The molecule has 5 heteroatoms. The minimum Gasteiger partial charge on any atom is -0.497 e. The van der Waals surface area contributed by atoms with E-state index in [9.17, 15) is 4.79 Å². The number of carbonyl (C=O) groups excluding carboxylic acids is 1. The van der Waals surface area contributed by atoms with E-state index in [2.05, 4.69) is 71.0 Å². The van der Waals surface area contributed by atoms with Gasteiger partial charge >= 0.3 is 0 Å². The van der Waals surface area contributed by atoms with Crippen LogP contribution >= 0.6 is 0 Å². The van der Waals surface area contributed by atoms with E-state index in [-0.39, 0.29) is 0 Å². The van der Waals surface area contributed by atoms with Gasteiger partial charge in [-0.25, -0.2) is 4.98 Å². The lowest BCUT2D eigenvalue weighted by molar-refractivity contribution is -0.131. The lowest BCUT2D eigenvalue weighted by Crippen LogP contribution is -2.30. The maximum Gasteiger partial charge on any atom is 0.225 e. The Morgan fingerprint density at radius 3 is 2.31 bits per heavy atom. The number of imidazole rings is 1. The molecule has 0 bridgehead atoms. The third-order valence-corrected chi connectivity index (χ3v) is 7.50. The normalized spacial score (nSPS) is 17.8. The number of amides is 1.